The van der Waals surface area contributed by atoms with Gasteiger partial charge in [0.1, 0.15) is 17.0 Å². The number of hydrogen-bond acceptors (Lipinski definition) is 3. The summed E-state index contributed by atoms with van der Waals surface area (Å²) in [6.45, 7) is 1.85. The average Bonchev–Trinajstić information content (AvgIpc) is 2.84. The molecule has 4 nitrogen and oxygen atoms in total. The number of carbonyl (C=O) groups is 2. The van der Waals surface area contributed by atoms with Gasteiger partial charge in [0, 0.05) is 17.3 Å². The van der Waals surface area contributed by atoms with Gasteiger partial charge in [-0.1, -0.05) is 24.3 Å². The maximum Gasteiger partial charge on any atom is 0.214 e. The lowest BCUT2D eigenvalue weighted by Crippen LogP contribution is -2.22. The van der Waals surface area contributed by atoms with Crippen LogP contribution in [0.15, 0.2) is 42.6 Å². The summed E-state index contributed by atoms with van der Waals surface area (Å²) in [5.74, 6) is -0.312. The van der Waals surface area contributed by atoms with Gasteiger partial charge in [-0.15, -0.1) is 0 Å². The fourth-order valence-corrected chi connectivity index (χ4v) is 2.78. The number of aromatic nitrogens is 2. The molecule has 20 heavy (non-hydrogen) atoms. The van der Waals surface area contributed by atoms with E-state index in [1.54, 1.807) is 28.8 Å². The fourth-order valence-electron chi connectivity index (χ4n) is 2.78. The Morgan fingerprint density at radius 3 is 2.70 bits per heavy atom. The molecule has 2 heterocycles. The number of rotatable bonds is 0. The predicted molar refractivity (Wildman–Crippen MR) is 73.2 cm³/mol. The van der Waals surface area contributed by atoms with Gasteiger partial charge in [-0.3, -0.25) is 14.0 Å². The van der Waals surface area contributed by atoms with E-state index >= 15 is 0 Å². The minimum absolute atomic E-state index is 0.133. The molecule has 0 N–H and O–H groups in total. The van der Waals surface area contributed by atoms with Gasteiger partial charge in [0.2, 0.25) is 11.6 Å². The Kier molecular flexibility index (Phi) is 2.02. The molecule has 0 spiro atoms. The molecular formula is C16H10N2O2. The van der Waals surface area contributed by atoms with Gasteiger partial charge >= 0.3 is 0 Å². The minimum atomic E-state index is -0.179. The first-order valence-electron chi connectivity index (χ1n) is 6.34. The number of pyridine rings is 1. The van der Waals surface area contributed by atoms with E-state index in [1.807, 2.05) is 25.1 Å². The van der Waals surface area contributed by atoms with E-state index in [0.29, 0.717) is 22.5 Å². The highest BCUT2D eigenvalue weighted by Gasteiger charge is 2.34. The van der Waals surface area contributed by atoms with Gasteiger partial charge in [-0.05, 0) is 24.6 Å². The van der Waals surface area contributed by atoms with Crippen LogP contribution in [0.2, 0.25) is 0 Å². The molecular weight excluding hydrogens is 252 g/mol. The van der Waals surface area contributed by atoms with Crippen LogP contribution in [0.3, 0.4) is 0 Å². The molecule has 2 aromatic heterocycles. The second kappa shape index (κ2) is 3.63. The molecule has 3 aromatic rings. The Hall–Kier alpha value is -2.75. The Morgan fingerprint density at radius 1 is 1.00 bits per heavy atom. The molecule has 4 heteroatoms. The number of aryl methyl sites for hydroxylation is 1. The zero-order valence-electron chi connectivity index (χ0n) is 10.8. The molecule has 0 fully saturated rings. The monoisotopic (exact) mass is 262 g/mol. The summed E-state index contributed by atoms with van der Waals surface area (Å²) < 4.78 is 1.69. The molecule has 0 aliphatic heterocycles. The van der Waals surface area contributed by atoms with Crippen molar-refractivity contribution < 1.29 is 9.59 Å². The average molecular weight is 262 g/mol. The summed E-state index contributed by atoms with van der Waals surface area (Å²) >= 11 is 0. The van der Waals surface area contributed by atoms with E-state index in [1.165, 1.54) is 0 Å². The molecule has 0 amide bonds. The molecule has 0 atom stereocenters. The normalized spacial score (nSPS) is 13.4. The van der Waals surface area contributed by atoms with Crippen molar-refractivity contribution in [3.63, 3.8) is 0 Å². The van der Waals surface area contributed by atoms with Crippen molar-refractivity contribution in [1.29, 1.82) is 0 Å². The van der Waals surface area contributed by atoms with Crippen LogP contribution in [0.4, 0.5) is 0 Å². The fraction of sp³-hybridized carbons (Fsp3) is 0.0625. The molecule has 0 radical (unpaired) electrons. The SMILES string of the molecule is Cc1cccc2c1C(=O)c1c(nc3ccccn13)C2=O. The van der Waals surface area contributed by atoms with Crippen LogP contribution in [0.25, 0.3) is 5.65 Å². The number of imidazole rings is 1. The van der Waals surface area contributed by atoms with E-state index in [0.717, 1.165) is 5.56 Å². The first-order chi connectivity index (χ1) is 9.68. The second-order valence-corrected chi connectivity index (χ2v) is 4.89. The number of hydrogen-bond donors (Lipinski definition) is 0. The van der Waals surface area contributed by atoms with Gasteiger partial charge in [0.15, 0.2) is 0 Å². The van der Waals surface area contributed by atoms with Crippen molar-refractivity contribution >= 4 is 17.2 Å². The van der Waals surface area contributed by atoms with Gasteiger partial charge in [-0.2, -0.15) is 0 Å². The first-order valence-corrected chi connectivity index (χ1v) is 6.34. The van der Waals surface area contributed by atoms with Gasteiger partial charge < -0.3 is 0 Å². The third kappa shape index (κ3) is 1.23. The van der Waals surface area contributed by atoms with Crippen molar-refractivity contribution in [3.8, 4) is 0 Å². The lowest BCUT2D eigenvalue weighted by Gasteiger charge is -2.15. The highest BCUT2D eigenvalue weighted by atomic mass is 16.1. The zero-order valence-corrected chi connectivity index (χ0v) is 10.8. The smallest absolute Gasteiger partial charge is 0.214 e. The summed E-state index contributed by atoms with van der Waals surface area (Å²) in [6, 6.07) is 10.8. The molecule has 1 aliphatic carbocycles. The van der Waals surface area contributed by atoms with E-state index < -0.39 is 0 Å². The van der Waals surface area contributed by atoms with E-state index in [2.05, 4.69) is 4.98 Å². The topological polar surface area (TPSA) is 51.4 Å². The second-order valence-electron chi connectivity index (χ2n) is 4.89. The third-order valence-corrected chi connectivity index (χ3v) is 3.70. The standard InChI is InChI=1S/C16H10N2O2/c1-9-5-4-6-10-12(9)16(20)14-13(15(10)19)17-11-7-2-3-8-18(11)14/h2-8H,1H3. The number of fused-ring (bicyclic) bond motifs is 4. The van der Waals surface area contributed by atoms with Crippen LogP contribution in [0, 0.1) is 6.92 Å². The summed E-state index contributed by atoms with van der Waals surface area (Å²) in [5.41, 5.74) is 3.00. The number of benzene rings is 1. The highest BCUT2D eigenvalue weighted by molar-refractivity contribution is 6.28. The lowest BCUT2D eigenvalue weighted by molar-refractivity contribution is 0.0972. The minimum Gasteiger partial charge on any atom is -0.296 e. The Morgan fingerprint density at radius 2 is 1.85 bits per heavy atom. The molecule has 0 unspecified atom stereocenters. The summed E-state index contributed by atoms with van der Waals surface area (Å²) in [6.07, 6.45) is 1.76. The van der Waals surface area contributed by atoms with Crippen molar-refractivity contribution in [2.45, 2.75) is 6.92 Å². The van der Waals surface area contributed by atoms with Gasteiger partial charge in [0.25, 0.3) is 0 Å². The van der Waals surface area contributed by atoms with E-state index in [-0.39, 0.29) is 17.3 Å². The summed E-state index contributed by atoms with van der Waals surface area (Å²) in [4.78, 5) is 29.6. The van der Waals surface area contributed by atoms with Crippen LogP contribution in [-0.2, 0) is 0 Å². The molecule has 1 aliphatic rings. The van der Waals surface area contributed by atoms with E-state index in [4.69, 9.17) is 0 Å². The number of ketones is 2. The predicted octanol–water partition coefficient (Wildman–Crippen LogP) is 2.42. The quantitative estimate of drug-likeness (QED) is 0.489. The molecule has 96 valence electrons. The Labute approximate surface area is 114 Å². The maximum absolute atomic E-state index is 12.7. The molecule has 0 saturated heterocycles. The summed E-state index contributed by atoms with van der Waals surface area (Å²) in [7, 11) is 0. The molecule has 1 aromatic carbocycles. The molecule has 4 rings (SSSR count). The lowest BCUT2D eigenvalue weighted by atomic mass is 9.87. The Bertz CT molecular complexity index is 906. The highest BCUT2D eigenvalue weighted by Crippen LogP contribution is 2.29. The van der Waals surface area contributed by atoms with Crippen LogP contribution in [-0.4, -0.2) is 21.0 Å². The number of carbonyl (C=O) groups excluding carboxylic acids is 2. The van der Waals surface area contributed by atoms with Crippen molar-refractivity contribution in [3.05, 3.63) is 70.7 Å². The van der Waals surface area contributed by atoms with Crippen LogP contribution >= 0.6 is 0 Å². The zero-order chi connectivity index (χ0) is 13.9. The molecule has 0 bridgehead atoms. The number of nitrogens with zero attached hydrogens (tertiary/aromatic N) is 2. The van der Waals surface area contributed by atoms with Gasteiger partial charge in [-0.25, -0.2) is 4.98 Å². The Balaban J connectivity index is 2.14. The maximum atomic E-state index is 12.7. The third-order valence-electron chi connectivity index (χ3n) is 3.70. The largest absolute Gasteiger partial charge is 0.296 e. The van der Waals surface area contributed by atoms with Crippen molar-refractivity contribution in [1.82, 2.24) is 9.38 Å². The molecule has 0 saturated carbocycles. The first kappa shape index (κ1) is 11.1. The van der Waals surface area contributed by atoms with Crippen molar-refractivity contribution in [2.75, 3.05) is 0 Å². The van der Waals surface area contributed by atoms with Crippen LogP contribution < -0.4 is 0 Å². The van der Waals surface area contributed by atoms with Crippen LogP contribution in [0.1, 0.15) is 37.7 Å². The van der Waals surface area contributed by atoms with E-state index in [9.17, 15) is 9.59 Å². The summed E-state index contributed by atoms with van der Waals surface area (Å²) in [5, 5.41) is 0. The van der Waals surface area contributed by atoms with Crippen LogP contribution in [0.5, 0.6) is 0 Å². The van der Waals surface area contributed by atoms with Gasteiger partial charge in [0.05, 0.1) is 0 Å². The van der Waals surface area contributed by atoms with Crippen molar-refractivity contribution in [2.24, 2.45) is 0 Å².